The molecule has 0 saturated heterocycles. The Bertz CT molecular complexity index is 402. The van der Waals surface area contributed by atoms with Gasteiger partial charge in [-0.05, 0) is 6.92 Å². The van der Waals surface area contributed by atoms with Gasteiger partial charge in [0.05, 0.1) is 18.4 Å². The predicted molar refractivity (Wildman–Crippen MR) is 55.1 cm³/mol. The maximum atomic E-state index is 10.7. The van der Waals surface area contributed by atoms with Crippen molar-refractivity contribution in [2.24, 2.45) is 12.8 Å². The van der Waals surface area contributed by atoms with Crippen molar-refractivity contribution < 1.29 is 19.7 Å². The van der Waals surface area contributed by atoms with Gasteiger partial charge in [-0.15, -0.1) is 0 Å². The van der Waals surface area contributed by atoms with Gasteiger partial charge in [0.25, 0.3) is 0 Å². The maximum absolute atomic E-state index is 10.7. The third kappa shape index (κ3) is 2.00. The number of carbonyl (C=O) groups is 1. The Morgan fingerprint density at radius 1 is 1.62 bits per heavy atom. The van der Waals surface area contributed by atoms with E-state index in [0.29, 0.717) is 17.1 Å². The topological polar surface area (TPSA) is 111 Å². The molecule has 1 rings (SSSR count). The molecule has 7 heteroatoms. The van der Waals surface area contributed by atoms with Gasteiger partial charge in [0, 0.05) is 7.05 Å². The molecule has 0 fully saturated rings. The Hall–Kier alpha value is -1.60. The molecular weight excluding hydrogens is 214 g/mol. The molecule has 16 heavy (non-hydrogen) atoms. The van der Waals surface area contributed by atoms with Crippen molar-refractivity contribution in [1.29, 1.82) is 0 Å². The minimum atomic E-state index is -1.41. The number of rotatable bonds is 4. The van der Waals surface area contributed by atoms with E-state index < -0.39 is 18.1 Å². The second-order valence-corrected chi connectivity index (χ2v) is 3.44. The monoisotopic (exact) mass is 229 g/mol. The quantitative estimate of drug-likeness (QED) is 0.622. The second-order valence-electron chi connectivity index (χ2n) is 3.44. The largest absolute Gasteiger partial charge is 0.481 e. The number of carboxylic acids is 1. The fourth-order valence-corrected chi connectivity index (χ4v) is 1.55. The van der Waals surface area contributed by atoms with Gasteiger partial charge in [0.1, 0.15) is 12.1 Å². The number of aliphatic carboxylic acids is 1. The highest BCUT2D eigenvalue weighted by molar-refractivity contribution is 5.74. The average Bonchev–Trinajstić information content (AvgIpc) is 2.50. The number of aliphatic hydroxyl groups is 1. The zero-order valence-corrected chi connectivity index (χ0v) is 9.34. The van der Waals surface area contributed by atoms with Gasteiger partial charge in [0.2, 0.25) is 5.88 Å². The van der Waals surface area contributed by atoms with Gasteiger partial charge in [-0.25, -0.2) is 4.68 Å². The Labute approximate surface area is 92.4 Å². The van der Waals surface area contributed by atoms with Crippen LogP contribution >= 0.6 is 0 Å². The molecule has 1 heterocycles. The van der Waals surface area contributed by atoms with Crippen LogP contribution in [0.1, 0.15) is 17.4 Å². The fourth-order valence-electron chi connectivity index (χ4n) is 1.55. The van der Waals surface area contributed by atoms with E-state index in [0.717, 1.165) is 0 Å². The molecule has 90 valence electrons. The van der Waals surface area contributed by atoms with E-state index in [1.165, 1.54) is 11.8 Å². The van der Waals surface area contributed by atoms with E-state index >= 15 is 0 Å². The number of hydrogen-bond acceptors (Lipinski definition) is 5. The number of methoxy groups -OCH3 is 1. The van der Waals surface area contributed by atoms with E-state index in [1.807, 2.05) is 0 Å². The molecule has 2 atom stereocenters. The Morgan fingerprint density at radius 3 is 2.62 bits per heavy atom. The van der Waals surface area contributed by atoms with E-state index in [4.69, 9.17) is 15.6 Å². The lowest BCUT2D eigenvalue weighted by Gasteiger charge is -2.15. The number of carboxylic acid groups (broad SMARTS) is 1. The van der Waals surface area contributed by atoms with Gasteiger partial charge >= 0.3 is 5.97 Å². The molecule has 0 amide bonds. The Balaban J connectivity index is 3.16. The van der Waals surface area contributed by atoms with Crippen molar-refractivity contribution in [2.75, 3.05) is 7.11 Å². The number of nitrogens with two attached hydrogens (primary N) is 1. The summed E-state index contributed by atoms with van der Waals surface area (Å²) < 4.78 is 6.46. The van der Waals surface area contributed by atoms with Crippen LogP contribution in [0.5, 0.6) is 5.88 Å². The first-order valence-electron chi connectivity index (χ1n) is 4.64. The van der Waals surface area contributed by atoms with E-state index in [2.05, 4.69) is 5.10 Å². The minimum Gasteiger partial charge on any atom is -0.481 e. The van der Waals surface area contributed by atoms with Gasteiger partial charge in [-0.3, -0.25) is 4.79 Å². The first kappa shape index (κ1) is 12.5. The van der Waals surface area contributed by atoms with E-state index in [9.17, 15) is 9.90 Å². The minimum absolute atomic E-state index is 0.305. The fraction of sp³-hybridized carbons (Fsp3) is 0.556. The Kier molecular flexibility index (Phi) is 3.51. The van der Waals surface area contributed by atoms with Crippen molar-refractivity contribution >= 4 is 5.97 Å². The molecule has 1 aromatic rings. The first-order valence-corrected chi connectivity index (χ1v) is 4.64. The molecule has 0 radical (unpaired) electrons. The van der Waals surface area contributed by atoms with Crippen LogP contribution in [0.2, 0.25) is 0 Å². The molecule has 4 N–H and O–H groups in total. The van der Waals surface area contributed by atoms with E-state index in [-0.39, 0.29) is 0 Å². The van der Waals surface area contributed by atoms with E-state index in [1.54, 1.807) is 14.0 Å². The third-order valence-electron chi connectivity index (χ3n) is 2.33. The summed E-state index contributed by atoms with van der Waals surface area (Å²) in [6, 6.07) is -1.41. The highest BCUT2D eigenvalue weighted by atomic mass is 16.5. The number of nitrogens with zero attached hydrogens (tertiary/aromatic N) is 2. The van der Waals surface area contributed by atoms with Crippen LogP contribution in [0.3, 0.4) is 0 Å². The number of hydrogen-bond donors (Lipinski definition) is 3. The first-order chi connectivity index (χ1) is 7.40. The van der Waals surface area contributed by atoms with Gasteiger partial charge in [0.15, 0.2) is 0 Å². The van der Waals surface area contributed by atoms with Crippen LogP contribution in [-0.4, -0.2) is 39.1 Å². The molecule has 0 bridgehead atoms. The lowest BCUT2D eigenvalue weighted by atomic mass is 10.0. The summed E-state index contributed by atoms with van der Waals surface area (Å²) in [4.78, 5) is 10.7. The van der Waals surface area contributed by atoms with Gasteiger partial charge in [-0.1, -0.05) is 0 Å². The standard InChI is InChI=1S/C9H15N3O4/c1-4-5(7(13)6(10)9(14)15)8(16-3)12(2)11-4/h6-7,13H,10H2,1-3H3,(H,14,15). The molecule has 0 aliphatic heterocycles. The highest BCUT2D eigenvalue weighted by Crippen LogP contribution is 2.29. The van der Waals surface area contributed by atoms with Crippen LogP contribution in [0, 0.1) is 6.92 Å². The van der Waals surface area contributed by atoms with Crippen LogP contribution in [0.15, 0.2) is 0 Å². The number of ether oxygens (including phenoxy) is 1. The zero-order chi connectivity index (χ0) is 12.5. The van der Waals surface area contributed by atoms with Crippen molar-refractivity contribution in [1.82, 2.24) is 9.78 Å². The van der Waals surface area contributed by atoms with Crippen LogP contribution in [-0.2, 0) is 11.8 Å². The third-order valence-corrected chi connectivity index (χ3v) is 2.33. The van der Waals surface area contributed by atoms with Gasteiger partial charge < -0.3 is 20.7 Å². The summed E-state index contributed by atoms with van der Waals surface area (Å²) in [5, 5.41) is 22.6. The van der Waals surface area contributed by atoms with Crippen molar-refractivity contribution in [2.45, 2.75) is 19.1 Å². The van der Waals surface area contributed by atoms with Crippen LogP contribution in [0.4, 0.5) is 0 Å². The van der Waals surface area contributed by atoms with Gasteiger partial charge in [-0.2, -0.15) is 5.10 Å². The maximum Gasteiger partial charge on any atom is 0.323 e. The molecule has 0 aliphatic carbocycles. The molecule has 0 saturated carbocycles. The lowest BCUT2D eigenvalue weighted by Crippen LogP contribution is -2.36. The molecule has 0 spiro atoms. The molecule has 0 aromatic carbocycles. The number of aromatic nitrogens is 2. The lowest BCUT2D eigenvalue weighted by molar-refractivity contribution is -0.141. The average molecular weight is 229 g/mol. The molecular formula is C9H15N3O4. The number of aliphatic hydroxyl groups excluding tert-OH is 1. The summed E-state index contributed by atoms with van der Waals surface area (Å²) in [7, 11) is 3.05. The molecule has 1 aromatic heterocycles. The summed E-state index contributed by atoms with van der Waals surface area (Å²) in [6.07, 6.45) is -1.35. The Morgan fingerprint density at radius 2 is 2.19 bits per heavy atom. The number of aryl methyl sites for hydroxylation is 2. The molecule has 0 aliphatic rings. The van der Waals surface area contributed by atoms with Crippen molar-refractivity contribution in [3.63, 3.8) is 0 Å². The zero-order valence-electron chi connectivity index (χ0n) is 9.34. The van der Waals surface area contributed by atoms with Crippen LogP contribution < -0.4 is 10.5 Å². The molecule has 2 unspecified atom stereocenters. The SMILES string of the molecule is COc1c(C(O)C(N)C(=O)O)c(C)nn1C. The normalized spacial score (nSPS) is 14.6. The highest BCUT2D eigenvalue weighted by Gasteiger charge is 2.30. The summed E-state index contributed by atoms with van der Waals surface area (Å²) in [6.45, 7) is 1.65. The predicted octanol–water partition coefficient (Wildman–Crippen LogP) is -0.818. The summed E-state index contributed by atoms with van der Waals surface area (Å²) in [5.74, 6) is -0.973. The molecule has 7 nitrogen and oxygen atoms in total. The van der Waals surface area contributed by atoms with Crippen LogP contribution in [0.25, 0.3) is 0 Å². The van der Waals surface area contributed by atoms with Crippen molar-refractivity contribution in [3.05, 3.63) is 11.3 Å². The summed E-state index contributed by atoms with van der Waals surface area (Å²) >= 11 is 0. The summed E-state index contributed by atoms with van der Waals surface area (Å²) in [5.41, 5.74) is 6.15. The van der Waals surface area contributed by atoms with Crippen molar-refractivity contribution in [3.8, 4) is 5.88 Å². The second kappa shape index (κ2) is 4.50. The smallest absolute Gasteiger partial charge is 0.323 e.